The Hall–Kier alpha value is -2.50. The molecule has 1 heterocycles. The van der Waals surface area contributed by atoms with E-state index in [0.717, 1.165) is 23.1 Å². The normalized spacial score (nSPS) is 15.4. The van der Waals surface area contributed by atoms with Gasteiger partial charge in [0.25, 0.3) is 11.8 Å². The Balaban J connectivity index is 2.59. The van der Waals surface area contributed by atoms with Gasteiger partial charge in [0, 0.05) is 11.1 Å². The predicted molar refractivity (Wildman–Crippen MR) is 64.2 cm³/mol. The minimum atomic E-state index is -1.41. The summed E-state index contributed by atoms with van der Waals surface area (Å²) in [4.78, 5) is 35.7. The number of hydrogen-bond acceptors (Lipinski definition) is 3. The highest BCUT2D eigenvalue weighted by molar-refractivity contribution is 6.33. The third kappa shape index (κ3) is 1.91. The van der Waals surface area contributed by atoms with Crippen LogP contribution >= 0.6 is 0 Å². The Labute approximate surface area is 107 Å². The summed E-state index contributed by atoms with van der Waals surface area (Å²) in [6.45, 7) is 2.97. The summed E-state index contributed by atoms with van der Waals surface area (Å²) in [6.07, 6.45) is 0. The van der Waals surface area contributed by atoms with Crippen LogP contribution in [0.1, 0.15) is 24.2 Å². The van der Waals surface area contributed by atoms with E-state index in [9.17, 15) is 18.8 Å². The van der Waals surface area contributed by atoms with Gasteiger partial charge in [-0.1, -0.05) is 0 Å². The molecule has 0 aromatic heterocycles. The number of carboxylic acid groups (broad SMARTS) is 1. The van der Waals surface area contributed by atoms with Gasteiger partial charge in [-0.25, -0.2) is 14.1 Å². The van der Waals surface area contributed by atoms with Gasteiger partial charge in [0.2, 0.25) is 0 Å². The van der Waals surface area contributed by atoms with Crippen molar-refractivity contribution in [2.45, 2.75) is 13.8 Å². The molecule has 5 nitrogen and oxygen atoms in total. The zero-order chi connectivity index (χ0) is 14.3. The number of anilines is 1. The van der Waals surface area contributed by atoms with Crippen LogP contribution in [0.15, 0.2) is 29.3 Å². The maximum absolute atomic E-state index is 13.1. The molecular formula is C13H10FNO4. The number of rotatable bonds is 2. The summed E-state index contributed by atoms with van der Waals surface area (Å²) in [5.41, 5.74) is -0.0411. The molecule has 2 amide bonds. The molecule has 1 aliphatic rings. The standard InChI is InChI=1S/C13H10FNO4/c1-6-7(2)12(17)15(11(6)16)10-4-3-8(14)5-9(10)13(18)19/h3-5H,1-2H3,(H,18,19). The smallest absolute Gasteiger partial charge is 0.337 e. The van der Waals surface area contributed by atoms with E-state index >= 15 is 0 Å². The minimum Gasteiger partial charge on any atom is -0.478 e. The number of benzene rings is 1. The number of amides is 2. The van der Waals surface area contributed by atoms with E-state index in [1.54, 1.807) is 0 Å². The summed E-state index contributed by atoms with van der Waals surface area (Å²) in [5, 5.41) is 9.03. The molecule has 98 valence electrons. The molecule has 0 fully saturated rings. The number of carbonyl (C=O) groups is 3. The van der Waals surface area contributed by atoms with Crippen LogP contribution in [0.4, 0.5) is 10.1 Å². The van der Waals surface area contributed by atoms with Crippen LogP contribution in [0, 0.1) is 5.82 Å². The first kappa shape index (κ1) is 12.9. The van der Waals surface area contributed by atoms with Crippen LogP contribution in [0.25, 0.3) is 0 Å². The van der Waals surface area contributed by atoms with Crippen molar-refractivity contribution in [2.75, 3.05) is 4.90 Å². The fraction of sp³-hybridized carbons (Fsp3) is 0.154. The summed E-state index contributed by atoms with van der Waals surface area (Å²) in [6, 6.07) is 2.90. The quantitative estimate of drug-likeness (QED) is 0.824. The molecule has 0 spiro atoms. The van der Waals surface area contributed by atoms with Crippen LogP contribution < -0.4 is 4.90 Å². The van der Waals surface area contributed by atoms with Crippen molar-refractivity contribution < 1.29 is 23.9 Å². The van der Waals surface area contributed by atoms with Gasteiger partial charge in [-0.05, 0) is 32.0 Å². The Morgan fingerprint density at radius 1 is 1.16 bits per heavy atom. The van der Waals surface area contributed by atoms with Gasteiger partial charge in [0.15, 0.2) is 0 Å². The lowest BCUT2D eigenvalue weighted by Gasteiger charge is -2.17. The van der Waals surface area contributed by atoms with E-state index in [-0.39, 0.29) is 16.8 Å². The van der Waals surface area contributed by atoms with Gasteiger partial charge in [0.05, 0.1) is 11.3 Å². The molecule has 1 aromatic rings. The fourth-order valence-corrected chi connectivity index (χ4v) is 1.84. The van der Waals surface area contributed by atoms with Crippen molar-refractivity contribution in [1.29, 1.82) is 0 Å². The maximum Gasteiger partial charge on any atom is 0.337 e. The number of halogens is 1. The molecule has 0 unspecified atom stereocenters. The van der Waals surface area contributed by atoms with Gasteiger partial charge < -0.3 is 5.11 Å². The molecule has 0 atom stereocenters. The highest BCUT2D eigenvalue weighted by Gasteiger charge is 2.36. The van der Waals surface area contributed by atoms with Crippen molar-refractivity contribution >= 4 is 23.5 Å². The largest absolute Gasteiger partial charge is 0.478 e. The topological polar surface area (TPSA) is 74.7 Å². The molecule has 0 saturated carbocycles. The van der Waals surface area contributed by atoms with E-state index in [2.05, 4.69) is 0 Å². The molecule has 1 aliphatic heterocycles. The SMILES string of the molecule is CC1=C(C)C(=O)N(c2ccc(F)cc2C(=O)O)C1=O. The molecule has 1 N–H and O–H groups in total. The van der Waals surface area contributed by atoms with Crippen molar-refractivity contribution in [3.63, 3.8) is 0 Å². The number of imide groups is 1. The first-order valence-electron chi connectivity index (χ1n) is 5.43. The first-order chi connectivity index (χ1) is 8.84. The van der Waals surface area contributed by atoms with Gasteiger partial charge in [-0.3, -0.25) is 9.59 Å². The van der Waals surface area contributed by atoms with Crippen LogP contribution in [-0.4, -0.2) is 22.9 Å². The average Bonchev–Trinajstić information content (AvgIpc) is 2.54. The van der Waals surface area contributed by atoms with E-state index in [1.165, 1.54) is 13.8 Å². The zero-order valence-electron chi connectivity index (χ0n) is 10.2. The molecule has 19 heavy (non-hydrogen) atoms. The summed E-state index contributed by atoms with van der Waals surface area (Å²) in [7, 11) is 0. The van der Waals surface area contributed by atoms with Crippen molar-refractivity contribution in [3.8, 4) is 0 Å². The number of carboxylic acids is 1. The van der Waals surface area contributed by atoms with Crippen LogP contribution in [0.2, 0.25) is 0 Å². The Kier molecular flexibility index (Phi) is 2.94. The Morgan fingerprint density at radius 2 is 1.68 bits per heavy atom. The molecule has 2 rings (SSSR count). The highest BCUT2D eigenvalue weighted by atomic mass is 19.1. The van der Waals surface area contributed by atoms with E-state index in [1.807, 2.05) is 0 Å². The number of aromatic carboxylic acids is 1. The van der Waals surface area contributed by atoms with Gasteiger partial charge in [-0.2, -0.15) is 0 Å². The second-order valence-electron chi connectivity index (χ2n) is 4.16. The molecular weight excluding hydrogens is 253 g/mol. The Bertz CT molecular complexity index is 624. The number of nitrogens with zero attached hydrogens (tertiary/aromatic N) is 1. The second kappa shape index (κ2) is 4.31. The summed E-state index contributed by atoms with van der Waals surface area (Å²) < 4.78 is 13.1. The highest BCUT2D eigenvalue weighted by Crippen LogP contribution is 2.29. The monoisotopic (exact) mass is 263 g/mol. The molecule has 6 heteroatoms. The third-order valence-electron chi connectivity index (χ3n) is 3.04. The van der Waals surface area contributed by atoms with Crippen LogP contribution in [0.3, 0.4) is 0 Å². The van der Waals surface area contributed by atoms with E-state index in [4.69, 9.17) is 5.11 Å². The molecule has 1 aromatic carbocycles. The van der Waals surface area contributed by atoms with E-state index in [0.29, 0.717) is 0 Å². The minimum absolute atomic E-state index is 0.125. The maximum atomic E-state index is 13.1. The van der Waals surface area contributed by atoms with Crippen molar-refractivity contribution in [3.05, 3.63) is 40.7 Å². The van der Waals surface area contributed by atoms with Gasteiger partial charge in [-0.15, -0.1) is 0 Å². The number of hydrogen-bond donors (Lipinski definition) is 1. The number of carbonyl (C=O) groups excluding carboxylic acids is 2. The van der Waals surface area contributed by atoms with Gasteiger partial charge >= 0.3 is 5.97 Å². The molecule has 0 aliphatic carbocycles. The fourth-order valence-electron chi connectivity index (χ4n) is 1.84. The summed E-state index contributed by atoms with van der Waals surface area (Å²) >= 11 is 0. The third-order valence-corrected chi connectivity index (χ3v) is 3.04. The molecule has 0 radical (unpaired) electrons. The van der Waals surface area contributed by atoms with Gasteiger partial charge in [0.1, 0.15) is 5.82 Å². The zero-order valence-corrected chi connectivity index (χ0v) is 10.2. The lowest BCUT2D eigenvalue weighted by Crippen LogP contribution is -2.32. The lowest BCUT2D eigenvalue weighted by atomic mass is 10.1. The molecule has 0 saturated heterocycles. The predicted octanol–water partition coefficient (Wildman–Crippen LogP) is 1.73. The van der Waals surface area contributed by atoms with Crippen molar-refractivity contribution in [1.82, 2.24) is 0 Å². The second-order valence-corrected chi connectivity index (χ2v) is 4.16. The first-order valence-corrected chi connectivity index (χ1v) is 5.43. The van der Waals surface area contributed by atoms with E-state index < -0.39 is 29.2 Å². The lowest BCUT2D eigenvalue weighted by molar-refractivity contribution is -0.120. The van der Waals surface area contributed by atoms with Crippen LogP contribution in [0.5, 0.6) is 0 Å². The molecule has 0 bridgehead atoms. The van der Waals surface area contributed by atoms with Crippen molar-refractivity contribution in [2.24, 2.45) is 0 Å². The summed E-state index contributed by atoms with van der Waals surface area (Å²) in [5.74, 6) is -3.33. The van der Waals surface area contributed by atoms with Crippen LogP contribution in [-0.2, 0) is 9.59 Å². The Morgan fingerprint density at radius 3 is 2.16 bits per heavy atom. The average molecular weight is 263 g/mol.